The number of anilines is 1. The first-order valence-corrected chi connectivity index (χ1v) is 6.52. The highest BCUT2D eigenvalue weighted by Crippen LogP contribution is 2.14. The Morgan fingerprint density at radius 1 is 1.22 bits per heavy atom. The molecule has 0 fully saturated rings. The summed E-state index contributed by atoms with van der Waals surface area (Å²) in [6.07, 6.45) is 5.51. The molecule has 2 aromatic heterocycles. The van der Waals surface area contributed by atoms with Gasteiger partial charge in [-0.15, -0.1) is 0 Å². The van der Waals surface area contributed by atoms with Crippen LogP contribution in [0.3, 0.4) is 0 Å². The minimum atomic E-state index is 0.849. The summed E-state index contributed by atoms with van der Waals surface area (Å²) in [4.78, 5) is 4.45. The van der Waals surface area contributed by atoms with Crippen molar-refractivity contribution in [2.75, 3.05) is 5.32 Å². The van der Waals surface area contributed by atoms with Crippen molar-refractivity contribution < 1.29 is 0 Å². The van der Waals surface area contributed by atoms with E-state index in [2.05, 4.69) is 46.3 Å². The molecular weight excluding hydrogens is 222 g/mol. The smallest absolute Gasteiger partial charge is 0.0606 e. The molecule has 0 radical (unpaired) electrons. The maximum Gasteiger partial charge on any atom is 0.0606 e. The Hall–Kier alpha value is -1.77. The molecule has 0 aliphatic carbocycles. The minimum absolute atomic E-state index is 0.849. The van der Waals surface area contributed by atoms with Gasteiger partial charge in [-0.25, -0.2) is 0 Å². The second kappa shape index (κ2) is 5.71. The predicted molar refractivity (Wildman–Crippen MR) is 75.8 cm³/mol. The van der Waals surface area contributed by atoms with Crippen molar-refractivity contribution in [3.8, 4) is 0 Å². The van der Waals surface area contributed by atoms with Crippen LogP contribution in [0.4, 0.5) is 5.69 Å². The number of aryl methyl sites for hydroxylation is 3. The van der Waals surface area contributed by atoms with E-state index < -0.39 is 0 Å². The lowest BCUT2D eigenvalue weighted by atomic mass is 10.2. The predicted octanol–water partition coefficient (Wildman–Crippen LogP) is 3.52. The molecule has 1 N–H and O–H groups in total. The van der Waals surface area contributed by atoms with Gasteiger partial charge >= 0.3 is 0 Å². The highest BCUT2D eigenvalue weighted by atomic mass is 14.9. The second-order valence-electron chi connectivity index (χ2n) is 4.70. The van der Waals surface area contributed by atoms with Gasteiger partial charge in [0.2, 0.25) is 0 Å². The molecule has 0 aromatic carbocycles. The van der Waals surface area contributed by atoms with Crippen molar-refractivity contribution in [3.05, 3.63) is 47.5 Å². The summed E-state index contributed by atoms with van der Waals surface area (Å²) >= 11 is 0. The first-order valence-electron chi connectivity index (χ1n) is 6.52. The molecule has 3 heteroatoms. The molecule has 2 aromatic rings. The average molecular weight is 243 g/mol. The van der Waals surface area contributed by atoms with E-state index in [9.17, 15) is 0 Å². The van der Waals surface area contributed by atoms with E-state index in [1.54, 1.807) is 0 Å². The molecule has 0 amide bonds. The number of nitrogens with zero attached hydrogens (tertiary/aromatic N) is 2. The number of rotatable bonds is 5. The van der Waals surface area contributed by atoms with E-state index in [1.165, 1.54) is 12.0 Å². The van der Waals surface area contributed by atoms with Crippen LogP contribution >= 0.6 is 0 Å². The molecule has 0 saturated heterocycles. The lowest BCUT2D eigenvalue weighted by Crippen LogP contribution is -2.02. The lowest BCUT2D eigenvalue weighted by Gasteiger charge is -2.08. The van der Waals surface area contributed by atoms with Crippen molar-refractivity contribution in [3.63, 3.8) is 0 Å². The number of pyridine rings is 1. The summed E-state index contributed by atoms with van der Waals surface area (Å²) in [5, 5.41) is 3.44. The Kier molecular flexibility index (Phi) is 4.03. The maximum absolute atomic E-state index is 4.45. The molecule has 18 heavy (non-hydrogen) atoms. The third kappa shape index (κ3) is 3.13. The summed E-state index contributed by atoms with van der Waals surface area (Å²) in [7, 11) is 0. The van der Waals surface area contributed by atoms with Crippen LogP contribution in [0, 0.1) is 13.8 Å². The van der Waals surface area contributed by atoms with Crippen LogP contribution in [-0.4, -0.2) is 9.55 Å². The zero-order valence-electron chi connectivity index (χ0n) is 11.4. The second-order valence-corrected chi connectivity index (χ2v) is 4.70. The summed E-state index contributed by atoms with van der Waals surface area (Å²) in [6.45, 7) is 8.19. The van der Waals surface area contributed by atoms with Gasteiger partial charge < -0.3 is 9.88 Å². The molecule has 0 unspecified atom stereocenters. The first kappa shape index (κ1) is 12.7. The fourth-order valence-corrected chi connectivity index (χ4v) is 2.06. The van der Waals surface area contributed by atoms with Crippen molar-refractivity contribution >= 4 is 5.69 Å². The van der Waals surface area contributed by atoms with Crippen LogP contribution in [-0.2, 0) is 13.1 Å². The molecule has 0 aliphatic heterocycles. The third-order valence-electron chi connectivity index (χ3n) is 3.00. The zero-order valence-corrected chi connectivity index (χ0v) is 11.4. The third-order valence-corrected chi connectivity index (χ3v) is 3.00. The van der Waals surface area contributed by atoms with E-state index in [1.807, 2.05) is 19.9 Å². The molecule has 0 aliphatic rings. The van der Waals surface area contributed by atoms with E-state index in [0.717, 1.165) is 30.2 Å². The summed E-state index contributed by atoms with van der Waals surface area (Å²) < 4.78 is 2.23. The molecule has 96 valence electrons. The van der Waals surface area contributed by atoms with Crippen LogP contribution in [0.5, 0.6) is 0 Å². The number of hydrogen-bond donors (Lipinski definition) is 1. The van der Waals surface area contributed by atoms with Crippen molar-refractivity contribution in [2.24, 2.45) is 0 Å². The van der Waals surface area contributed by atoms with Gasteiger partial charge in [0.1, 0.15) is 0 Å². The molecule has 0 atom stereocenters. The summed E-state index contributed by atoms with van der Waals surface area (Å²) in [5.74, 6) is 0. The molecule has 0 bridgehead atoms. The van der Waals surface area contributed by atoms with E-state index >= 15 is 0 Å². The Balaban J connectivity index is 1.97. The van der Waals surface area contributed by atoms with Crippen LogP contribution in [0.15, 0.2) is 30.6 Å². The monoisotopic (exact) mass is 243 g/mol. The molecule has 2 rings (SSSR count). The van der Waals surface area contributed by atoms with Gasteiger partial charge in [0.05, 0.1) is 11.4 Å². The number of nitrogens with one attached hydrogen (secondary N) is 1. The van der Waals surface area contributed by atoms with E-state index in [-0.39, 0.29) is 0 Å². The Bertz CT molecular complexity index is 514. The Labute approximate surface area is 109 Å². The molecular formula is C15H21N3. The van der Waals surface area contributed by atoms with E-state index in [4.69, 9.17) is 0 Å². The van der Waals surface area contributed by atoms with Gasteiger partial charge in [0.15, 0.2) is 0 Å². The van der Waals surface area contributed by atoms with Gasteiger partial charge in [-0.3, -0.25) is 4.98 Å². The van der Waals surface area contributed by atoms with Gasteiger partial charge in [-0.1, -0.05) is 6.92 Å². The molecule has 2 heterocycles. The number of hydrogen-bond acceptors (Lipinski definition) is 2. The van der Waals surface area contributed by atoms with Gasteiger partial charge in [-0.05, 0) is 44.0 Å². The number of aromatic nitrogens is 2. The largest absolute Gasteiger partial charge is 0.379 e. The van der Waals surface area contributed by atoms with Gasteiger partial charge in [0.25, 0.3) is 0 Å². The van der Waals surface area contributed by atoms with Crippen LogP contribution in [0.25, 0.3) is 0 Å². The Morgan fingerprint density at radius 3 is 2.78 bits per heavy atom. The standard InChI is InChI=1S/C15H21N3/c1-4-8-18-9-7-14(11-18)10-16-15-6-5-12(2)17-13(15)3/h5-7,9,11,16H,4,8,10H2,1-3H3. The van der Waals surface area contributed by atoms with Crippen molar-refractivity contribution in [1.29, 1.82) is 0 Å². The van der Waals surface area contributed by atoms with Crippen LogP contribution in [0.1, 0.15) is 30.3 Å². The fraction of sp³-hybridized carbons (Fsp3) is 0.400. The van der Waals surface area contributed by atoms with Gasteiger partial charge in [-0.2, -0.15) is 0 Å². The lowest BCUT2D eigenvalue weighted by molar-refractivity contribution is 0.681. The average Bonchev–Trinajstić information content (AvgIpc) is 2.76. The molecule has 3 nitrogen and oxygen atoms in total. The molecule has 0 spiro atoms. The molecule has 0 saturated carbocycles. The normalized spacial score (nSPS) is 10.6. The zero-order chi connectivity index (χ0) is 13.0. The topological polar surface area (TPSA) is 29.9 Å². The van der Waals surface area contributed by atoms with E-state index in [0.29, 0.717) is 0 Å². The highest BCUT2D eigenvalue weighted by Gasteiger charge is 2.01. The van der Waals surface area contributed by atoms with Crippen molar-refractivity contribution in [1.82, 2.24) is 9.55 Å². The maximum atomic E-state index is 4.45. The minimum Gasteiger partial charge on any atom is -0.379 e. The van der Waals surface area contributed by atoms with Crippen LogP contribution < -0.4 is 5.32 Å². The summed E-state index contributed by atoms with van der Waals surface area (Å²) in [6, 6.07) is 6.30. The summed E-state index contributed by atoms with van der Waals surface area (Å²) in [5.41, 5.74) is 4.54. The quantitative estimate of drug-likeness (QED) is 0.870. The highest BCUT2D eigenvalue weighted by molar-refractivity contribution is 5.48. The van der Waals surface area contributed by atoms with Crippen molar-refractivity contribution in [2.45, 2.75) is 40.3 Å². The fourth-order valence-electron chi connectivity index (χ4n) is 2.06. The van der Waals surface area contributed by atoms with Crippen LogP contribution in [0.2, 0.25) is 0 Å². The Morgan fingerprint density at radius 2 is 2.06 bits per heavy atom. The first-order chi connectivity index (χ1) is 8.69. The SMILES string of the molecule is CCCn1ccc(CNc2ccc(C)nc2C)c1. The van der Waals surface area contributed by atoms with Gasteiger partial charge in [0, 0.05) is 31.2 Å².